The number of rotatable bonds is 5. The van der Waals surface area contributed by atoms with Gasteiger partial charge in [0.15, 0.2) is 11.6 Å². The van der Waals surface area contributed by atoms with E-state index in [1.54, 1.807) is 0 Å². The Kier molecular flexibility index (Phi) is 7.65. The highest BCUT2D eigenvalue weighted by molar-refractivity contribution is 5.93. The zero-order valence-corrected chi connectivity index (χ0v) is 31.2. The molecule has 4 nitrogen and oxygen atoms in total. The van der Waals surface area contributed by atoms with Crippen LogP contribution in [0.3, 0.4) is 0 Å². The number of hydrogen-bond donors (Lipinski definition) is 1. The predicted octanol–water partition coefficient (Wildman–Crippen LogP) is 13.0. The Morgan fingerprint density at radius 2 is 1.07 bits per heavy atom. The summed E-state index contributed by atoms with van der Waals surface area (Å²) in [5.41, 5.74) is 23.7. The summed E-state index contributed by atoms with van der Waals surface area (Å²) >= 11 is 0. The zero-order chi connectivity index (χ0) is 37.9. The lowest BCUT2D eigenvalue weighted by molar-refractivity contribution is 0.439. The van der Waals surface area contributed by atoms with Crippen molar-refractivity contribution in [3.8, 4) is 67.7 Å². The second-order valence-corrected chi connectivity index (χ2v) is 15.0. The molecule has 1 aliphatic heterocycles. The molecular formula is C53H37N3O. The average Bonchev–Trinajstić information content (AvgIpc) is 3.58. The van der Waals surface area contributed by atoms with Crippen LogP contribution in [0.25, 0.3) is 61.7 Å². The molecule has 11 rings (SSSR count). The smallest absolute Gasteiger partial charge is 0.160 e. The maximum absolute atomic E-state index is 6.95. The van der Waals surface area contributed by atoms with Gasteiger partial charge < -0.3 is 10.5 Å². The van der Waals surface area contributed by atoms with Crippen molar-refractivity contribution in [3.63, 3.8) is 0 Å². The Labute approximate surface area is 332 Å². The minimum atomic E-state index is -0.528. The second-order valence-electron chi connectivity index (χ2n) is 15.0. The first-order chi connectivity index (χ1) is 28.2. The van der Waals surface area contributed by atoms with Crippen LogP contribution in [0.2, 0.25) is 0 Å². The maximum Gasteiger partial charge on any atom is 0.160 e. The molecule has 0 fully saturated rings. The molecule has 2 aliphatic carbocycles. The normalized spacial score (nSPS) is 16.1. The number of anilines is 1. The van der Waals surface area contributed by atoms with Crippen LogP contribution in [-0.4, -0.2) is 9.97 Å². The van der Waals surface area contributed by atoms with E-state index in [9.17, 15) is 0 Å². The Morgan fingerprint density at radius 3 is 1.88 bits per heavy atom. The molecule has 0 bridgehead atoms. The predicted molar refractivity (Wildman–Crippen MR) is 232 cm³/mol. The molecule has 1 aromatic heterocycles. The van der Waals surface area contributed by atoms with Crippen molar-refractivity contribution in [2.24, 2.45) is 0 Å². The van der Waals surface area contributed by atoms with Crippen LogP contribution in [0, 0.1) is 0 Å². The highest BCUT2D eigenvalue weighted by atomic mass is 16.5. The Balaban J connectivity index is 1.00. The van der Waals surface area contributed by atoms with Crippen LogP contribution in [0.5, 0.6) is 11.5 Å². The number of ether oxygens (including phenoxy) is 1. The molecule has 57 heavy (non-hydrogen) atoms. The molecule has 8 aromatic rings. The highest BCUT2D eigenvalue weighted by Gasteiger charge is 2.52. The molecule has 270 valence electrons. The Morgan fingerprint density at radius 1 is 0.474 bits per heavy atom. The van der Waals surface area contributed by atoms with Gasteiger partial charge in [0.2, 0.25) is 0 Å². The molecule has 0 radical (unpaired) electrons. The van der Waals surface area contributed by atoms with E-state index in [0.717, 1.165) is 85.8 Å². The maximum atomic E-state index is 6.95. The van der Waals surface area contributed by atoms with Crippen molar-refractivity contribution in [2.75, 3.05) is 5.73 Å². The van der Waals surface area contributed by atoms with Crippen LogP contribution < -0.4 is 10.5 Å². The van der Waals surface area contributed by atoms with Gasteiger partial charge in [-0.2, -0.15) is 0 Å². The first-order valence-corrected chi connectivity index (χ1v) is 19.6. The van der Waals surface area contributed by atoms with E-state index in [0.29, 0.717) is 11.5 Å². The van der Waals surface area contributed by atoms with E-state index in [4.69, 9.17) is 20.4 Å². The van der Waals surface area contributed by atoms with Crippen molar-refractivity contribution in [1.29, 1.82) is 0 Å². The Hall–Kier alpha value is -7.30. The molecule has 1 unspecified atom stereocenters. The van der Waals surface area contributed by atoms with Gasteiger partial charge in [-0.15, -0.1) is 0 Å². The third-order valence-electron chi connectivity index (χ3n) is 11.8. The fourth-order valence-electron chi connectivity index (χ4n) is 9.24. The minimum Gasteiger partial charge on any atom is -0.454 e. The number of para-hydroxylation sites is 2. The lowest BCUT2D eigenvalue weighted by atomic mass is 9.64. The van der Waals surface area contributed by atoms with Crippen molar-refractivity contribution < 1.29 is 4.74 Å². The number of nitrogens with two attached hydrogens (primary N) is 1. The summed E-state index contributed by atoms with van der Waals surface area (Å²) in [5.74, 6) is 2.30. The third-order valence-corrected chi connectivity index (χ3v) is 11.8. The van der Waals surface area contributed by atoms with Gasteiger partial charge in [0.25, 0.3) is 0 Å². The largest absolute Gasteiger partial charge is 0.454 e. The van der Waals surface area contributed by atoms with Crippen LogP contribution in [0.4, 0.5) is 5.69 Å². The van der Waals surface area contributed by atoms with Gasteiger partial charge in [0.05, 0.1) is 22.5 Å². The summed E-state index contributed by atoms with van der Waals surface area (Å²) < 4.78 is 6.95. The molecule has 7 aromatic carbocycles. The number of nitrogens with zero attached hydrogens (tertiary/aromatic N) is 2. The first-order valence-electron chi connectivity index (χ1n) is 19.6. The molecule has 0 saturated carbocycles. The van der Waals surface area contributed by atoms with E-state index < -0.39 is 5.41 Å². The van der Waals surface area contributed by atoms with Crippen LogP contribution in [0.1, 0.15) is 35.1 Å². The fraction of sp³-hybridized carbons (Fsp3) is 0.0566. The van der Waals surface area contributed by atoms with Crippen LogP contribution in [0.15, 0.2) is 194 Å². The van der Waals surface area contributed by atoms with Gasteiger partial charge in [-0.3, -0.25) is 0 Å². The number of fused-ring (bicyclic) bond motifs is 8. The van der Waals surface area contributed by atoms with Gasteiger partial charge in [0, 0.05) is 33.4 Å². The van der Waals surface area contributed by atoms with Crippen molar-refractivity contribution in [2.45, 2.75) is 18.3 Å². The number of aromatic nitrogens is 2. The molecule has 3 aliphatic rings. The molecule has 0 saturated heterocycles. The summed E-state index contributed by atoms with van der Waals surface area (Å²) in [6.45, 7) is 0. The summed E-state index contributed by atoms with van der Waals surface area (Å²) in [6.07, 6.45) is 6.72. The minimum absolute atomic E-state index is 0.528. The zero-order valence-electron chi connectivity index (χ0n) is 31.2. The summed E-state index contributed by atoms with van der Waals surface area (Å²) in [4.78, 5) is 10.1. The van der Waals surface area contributed by atoms with Crippen molar-refractivity contribution in [3.05, 3.63) is 216 Å². The lowest BCUT2D eigenvalue weighted by Crippen LogP contribution is -2.33. The second kappa shape index (κ2) is 13.2. The average molecular weight is 732 g/mol. The molecule has 1 spiro atoms. The molecule has 0 amide bonds. The van der Waals surface area contributed by atoms with Crippen LogP contribution >= 0.6 is 0 Å². The molecule has 2 N–H and O–H groups in total. The van der Waals surface area contributed by atoms with Crippen molar-refractivity contribution >= 4 is 11.3 Å². The summed E-state index contributed by atoms with van der Waals surface area (Å²) in [7, 11) is 0. The van der Waals surface area contributed by atoms with Crippen LogP contribution in [-0.2, 0) is 5.41 Å². The first kappa shape index (κ1) is 33.1. The molecule has 1 atom stereocenters. The summed E-state index contributed by atoms with van der Waals surface area (Å²) in [5, 5.41) is 0. The quantitative estimate of drug-likeness (QED) is 0.179. The number of hydrogen-bond acceptors (Lipinski definition) is 4. The molecule has 4 heteroatoms. The van der Waals surface area contributed by atoms with Gasteiger partial charge in [-0.05, 0) is 70.0 Å². The lowest BCUT2D eigenvalue weighted by Gasteiger charge is -2.41. The van der Waals surface area contributed by atoms with Gasteiger partial charge >= 0.3 is 0 Å². The topological polar surface area (TPSA) is 61.0 Å². The SMILES string of the molecule is Nc1cccc2c1Oc1c(-c3ccc(-c4cccc(-c5cc(-c6ccccc6)nc(-c6ccccc6)n5)c4)cc3)cccc1C21C2=C(CCC=C2)c2ccccc21. The standard InChI is InChI=1S/C53H37N3O/c54-47-27-13-26-46-51(47)57-50-40(22-12-25-45(50)53(46)43-23-9-7-20-41(43)42-21-8-10-24-44(42)53)35-30-28-34(29-31-35)38-18-11-19-39(32-38)49-33-48(36-14-3-1-4-15-36)55-52(56-49)37-16-5-2-6-17-37/h1-7,9-20,22-33H,8,21,54H2. The fourth-order valence-corrected chi connectivity index (χ4v) is 9.24. The van der Waals surface area contributed by atoms with Gasteiger partial charge in [-0.1, -0.05) is 170 Å². The number of nitrogen functional groups attached to an aromatic ring is 1. The highest BCUT2D eigenvalue weighted by Crippen LogP contribution is 2.64. The van der Waals surface area contributed by atoms with E-state index in [-0.39, 0.29) is 0 Å². The third kappa shape index (κ3) is 5.22. The van der Waals surface area contributed by atoms with E-state index in [1.807, 2.05) is 42.5 Å². The van der Waals surface area contributed by atoms with Crippen molar-refractivity contribution in [1.82, 2.24) is 9.97 Å². The Bertz CT molecular complexity index is 2870. The number of allylic oxidation sites excluding steroid dienone is 4. The van der Waals surface area contributed by atoms with Gasteiger partial charge in [-0.25, -0.2) is 9.97 Å². The monoisotopic (exact) mass is 731 g/mol. The van der Waals surface area contributed by atoms with E-state index >= 15 is 0 Å². The van der Waals surface area contributed by atoms with E-state index in [1.165, 1.54) is 22.3 Å². The number of benzene rings is 7. The van der Waals surface area contributed by atoms with E-state index in [2.05, 4.69) is 146 Å². The molecular weight excluding hydrogens is 695 g/mol. The van der Waals surface area contributed by atoms with Gasteiger partial charge in [0.1, 0.15) is 5.75 Å². The summed E-state index contributed by atoms with van der Waals surface area (Å²) in [6, 6.07) is 61.7. The molecule has 2 heterocycles.